The number of hydrogen-bond donors (Lipinski definition) is 0. The van der Waals surface area contributed by atoms with E-state index in [0.717, 1.165) is 26.7 Å². The molecule has 0 heterocycles. The van der Waals surface area contributed by atoms with E-state index in [0.29, 0.717) is 5.02 Å². The minimum atomic E-state index is 0.716. The molecular weight excluding hydrogens is 356 g/mol. The Labute approximate surface area is 143 Å². The maximum absolute atomic E-state index is 6.15. The lowest BCUT2D eigenvalue weighted by Crippen LogP contribution is -1.85. The van der Waals surface area contributed by atoms with E-state index in [2.05, 4.69) is 39.9 Å². The molecule has 0 fully saturated rings. The fourth-order valence-electron chi connectivity index (χ4n) is 2.15. The second-order valence-electron chi connectivity index (χ2n) is 4.81. The molecule has 2 heteroatoms. The van der Waals surface area contributed by atoms with Gasteiger partial charge in [0.15, 0.2) is 0 Å². The Morgan fingerprint density at radius 1 is 0.773 bits per heavy atom. The Hall–Kier alpha value is -2.01. The van der Waals surface area contributed by atoms with Crippen molar-refractivity contribution in [2.45, 2.75) is 0 Å². The van der Waals surface area contributed by atoms with Gasteiger partial charge in [-0.1, -0.05) is 69.7 Å². The zero-order valence-electron chi connectivity index (χ0n) is 11.7. The first-order valence-corrected chi connectivity index (χ1v) is 8.02. The highest BCUT2D eigenvalue weighted by atomic mass is 79.9. The Morgan fingerprint density at radius 3 is 2.23 bits per heavy atom. The second-order valence-corrected chi connectivity index (χ2v) is 6.16. The van der Waals surface area contributed by atoms with Crippen molar-refractivity contribution in [1.82, 2.24) is 0 Å². The molecule has 0 bridgehead atoms. The highest BCUT2D eigenvalue weighted by Gasteiger charge is 2.04. The predicted molar refractivity (Wildman–Crippen MR) is 97.0 cm³/mol. The molecule has 22 heavy (non-hydrogen) atoms. The summed E-state index contributed by atoms with van der Waals surface area (Å²) in [6.07, 6.45) is 0. The van der Waals surface area contributed by atoms with Gasteiger partial charge in [0.2, 0.25) is 0 Å². The molecule has 0 radical (unpaired) electrons. The SMILES string of the molecule is Clc1ccc(C#Cc2ccc(Br)cc2)c(-c2ccccc2)c1. The van der Waals surface area contributed by atoms with E-state index in [-0.39, 0.29) is 0 Å². The molecule has 0 aliphatic rings. The summed E-state index contributed by atoms with van der Waals surface area (Å²) >= 11 is 9.58. The zero-order chi connectivity index (χ0) is 15.4. The molecule has 0 amide bonds. The first kappa shape index (κ1) is 14.9. The molecule has 0 saturated heterocycles. The molecule has 0 spiro atoms. The Morgan fingerprint density at radius 2 is 1.50 bits per heavy atom. The summed E-state index contributed by atoms with van der Waals surface area (Å²) in [5.74, 6) is 6.45. The molecule has 3 aromatic carbocycles. The van der Waals surface area contributed by atoms with Crippen LogP contribution in [0.1, 0.15) is 11.1 Å². The van der Waals surface area contributed by atoms with E-state index in [4.69, 9.17) is 11.6 Å². The summed E-state index contributed by atoms with van der Waals surface area (Å²) in [7, 11) is 0. The first-order valence-electron chi connectivity index (χ1n) is 6.85. The van der Waals surface area contributed by atoms with E-state index >= 15 is 0 Å². The van der Waals surface area contributed by atoms with Crippen molar-refractivity contribution in [3.63, 3.8) is 0 Å². The molecule has 0 nitrogen and oxygen atoms in total. The molecule has 3 rings (SSSR count). The van der Waals surface area contributed by atoms with Crippen LogP contribution in [-0.4, -0.2) is 0 Å². The average Bonchev–Trinajstić information content (AvgIpc) is 2.56. The van der Waals surface area contributed by atoms with Crippen LogP contribution < -0.4 is 0 Å². The largest absolute Gasteiger partial charge is 0.0843 e. The minimum absolute atomic E-state index is 0.716. The standard InChI is InChI=1S/C20H12BrCl/c21-18-11-7-15(8-12-18)6-9-17-10-13-19(22)14-20(17)16-4-2-1-3-5-16/h1-5,7-8,10-14H. The lowest BCUT2D eigenvalue weighted by atomic mass is 10.00. The second kappa shape index (κ2) is 6.83. The Bertz CT molecular complexity index is 840. The van der Waals surface area contributed by atoms with Crippen molar-refractivity contribution < 1.29 is 0 Å². The summed E-state index contributed by atoms with van der Waals surface area (Å²) in [6, 6.07) is 23.9. The third-order valence-electron chi connectivity index (χ3n) is 3.25. The van der Waals surface area contributed by atoms with Crippen molar-refractivity contribution in [2.75, 3.05) is 0 Å². The van der Waals surface area contributed by atoms with Gasteiger partial charge in [0.1, 0.15) is 0 Å². The van der Waals surface area contributed by atoms with Gasteiger partial charge in [0, 0.05) is 20.6 Å². The molecule has 0 aliphatic carbocycles. The monoisotopic (exact) mass is 366 g/mol. The maximum Gasteiger partial charge on any atom is 0.0413 e. The van der Waals surface area contributed by atoms with Gasteiger partial charge >= 0.3 is 0 Å². The fraction of sp³-hybridized carbons (Fsp3) is 0. The average molecular weight is 368 g/mol. The smallest absolute Gasteiger partial charge is 0.0413 e. The van der Waals surface area contributed by atoms with Crippen LogP contribution in [0.2, 0.25) is 5.02 Å². The van der Waals surface area contributed by atoms with Crippen LogP contribution >= 0.6 is 27.5 Å². The highest BCUT2D eigenvalue weighted by Crippen LogP contribution is 2.26. The molecular formula is C20H12BrCl. The number of halogens is 2. The number of rotatable bonds is 1. The predicted octanol–water partition coefficient (Wildman–Crippen LogP) is 6.17. The minimum Gasteiger partial charge on any atom is -0.0843 e. The summed E-state index contributed by atoms with van der Waals surface area (Å²) in [4.78, 5) is 0. The van der Waals surface area contributed by atoms with E-state index in [1.165, 1.54) is 0 Å². The van der Waals surface area contributed by atoms with Crippen molar-refractivity contribution >= 4 is 27.5 Å². The van der Waals surface area contributed by atoms with Crippen molar-refractivity contribution in [3.8, 4) is 23.0 Å². The van der Waals surface area contributed by atoms with Crippen LogP contribution in [0, 0.1) is 11.8 Å². The Kier molecular flexibility index (Phi) is 4.63. The lowest BCUT2D eigenvalue weighted by molar-refractivity contribution is 1.57. The van der Waals surface area contributed by atoms with Crippen LogP contribution in [0.25, 0.3) is 11.1 Å². The van der Waals surface area contributed by atoms with Gasteiger partial charge in [-0.3, -0.25) is 0 Å². The topological polar surface area (TPSA) is 0 Å². The third-order valence-corrected chi connectivity index (χ3v) is 4.02. The van der Waals surface area contributed by atoms with Crippen LogP contribution in [0.15, 0.2) is 77.3 Å². The molecule has 106 valence electrons. The normalized spacial score (nSPS) is 9.91. The highest BCUT2D eigenvalue weighted by molar-refractivity contribution is 9.10. The van der Waals surface area contributed by atoms with Gasteiger partial charge in [0.05, 0.1) is 0 Å². The lowest BCUT2D eigenvalue weighted by Gasteiger charge is -2.05. The summed E-state index contributed by atoms with van der Waals surface area (Å²) in [5.41, 5.74) is 4.12. The molecule has 0 atom stereocenters. The van der Waals surface area contributed by atoms with E-state index in [1.54, 1.807) is 0 Å². The number of hydrogen-bond acceptors (Lipinski definition) is 0. The summed E-state index contributed by atoms with van der Waals surface area (Å²) in [5, 5.41) is 0.716. The van der Waals surface area contributed by atoms with Crippen molar-refractivity contribution in [3.05, 3.63) is 93.4 Å². The van der Waals surface area contributed by atoms with Gasteiger partial charge in [-0.2, -0.15) is 0 Å². The van der Waals surface area contributed by atoms with E-state index in [1.807, 2.05) is 60.7 Å². The van der Waals surface area contributed by atoms with Crippen LogP contribution in [0.5, 0.6) is 0 Å². The molecule has 0 unspecified atom stereocenters. The van der Waals surface area contributed by atoms with Gasteiger partial charge < -0.3 is 0 Å². The third kappa shape index (κ3) is 3.60. The molecule has 0 aliphatic heterocycles. The van der Waals surface area contributed by atoms with Gasteiger partial charge in [0.25, 0.3) is 0 Å². The molecule has 0 saturated carbocycles. The maximum atomic E-state index is 6.15. The van der Waals surface area contributed by atoms with Crippen molar-refractivity contribution in [2.24, 2.45) is 0 Å². The summed E-state index contributed by atoms with van der Waals surface area (Å²) in [6.45, 7) is 0. The number of benzene rings is 3. The molecule has 3 aromatic rings. The van der Waals surface area contributed by atoms with Crippen LogP contribution in [0.3, 0.4) is 0 Å². The van der Waals surface area contributed by atoms with Gasteiger partial charge in [-0.15, -0.1) is 0 Å². The van der Waals surface area contributed by atoms with E-state index < -0.39 is 0 Å². The summed E-state index contributed by atoms with van der Waals surface area (Å²) < 4.78 is 1.05. The quantitative estimate of drug-likeness (QED) is 0.451. The molecule has 0 N–H and O–H groups in total. The van der Waals surface area contributed by atoms with Gasteiger partial charge in [-0.25, -0.2) is 0 Å². The van der Waals surface area contributed by atoms with Crippen LogP contribution in [0.4, 0.5) is 0 Å². The first-order chi connectivity index (χ1) is 10.7. The fourth-order valence-corrected chi connectivity index (χ4v) is 2.59. The molecule has 0 aromatic heterocycles. The van der Waals surface area contributed by atoms with Crippen molar-refractivity contribution in [1.29, 1.82) is 0 Å². The van der Waals surface area contributed by atoms with Gasteiger partial charge in [-0.05, 0) is 53.6 Å². The van der Waals surface area contributed by atoms with Crippen LogP contribution in [-0.2, 0) is 0 Å². The van der Waals surface area contributed by atoms with E-state index in [9.17, 15) is 0 Å². The Balaban J connectivity index is 2.03. The zero-order valence-corrected chi connectivity index (χ0v) is 14.0.